The van der Waals surface area contributed by atoms with Crippen LogP contribution in [0.5, 0.6) is 0 Å². The Balaban J connectivity index is 2.73. The Kier molecular flexibility index (Phi) is 5.93. The molecule has 1 aromatic carbocycles. The van der Waals surface area contributed by atoms with E-state index in [1.165, 1.54) is 0 Å². The molecular formula is C13H18Cl2N2O. The van der Waals surface area contributed by atoms with Gasteiger partial charge in [0.15, 0.2) is 0 Å². The van der Waals surface area contributed by atoms with Gasteiger partial charge in [-0.15, -0.1) is 0 Å². The second kappa shape index (κ2) is 6.98. The van der Waals surface area contributed by atoms with Crippen LogP contribution in [-0.2, 0) is 4.79 Å². The van der Waals surface area contributed by atoms with Crippen molar-refractivity contribution in [2.75, 3.05) is 11.9 Å². The first-order valence-electron chi connectivity index (χ1n) is 5.93. The number of halogens is 2. The third-order valence-corrected chi connectivity index (χ3v) is 3.39. The van der Waals surface area contributed by atoms with Gasteiger partial charge < -0.3 is 10.6 Å². The van der Waals surface area contributed by atoms with E-state index in [2.05, 4.69) is 10.6 Å². The molecule has 0 aliphatic heterocycles. The highest BCUT2D eigenvalue weighted by Crippen LogP contribution is 2.32. The fourth-order valence-electron chi connectivity index (χ4n) is 1.66. The quantitative estimate of drug-likeness (QED) is 0.869. The van der Waals surface area contributed by atoms with Crippen molar-refractivity contribution in [1.82, 2.24) is 5.32 Å². The molecule has 0 radical (unpaired) electrons. The number of hydrogen-bond donors (Lipinski definition) is 2. The molecule has 0 fully saturated rings. The molecule has 0 spiro atoms. The molecule has 5 heteroatoms. The molecule has 0 aliphatic carbocycles. The molecule has 0 saturated carbocycles. The summed E-state index contributed by atoms with van der Waals surface area (Å²) in [5, 5.41) is 6.89. The zero-order valence-electron chi connectivity index (χ0n) is 10.8. The molecule has 0 bridgehead atoms. The van der Waals surface area contributed by atoms with Gasteiger partial charge in [-0.05, 0) is 32.0 Å². The number of anilines is 1. The van der Waals surface area contributed by atoms with E-state index in [1.54, 1.807) is 6.07 Å². The first kappa shape index (κ1) is 15.3. The van der Waals surface area contributed by atoms with Crippen molar-refractivity contribution in [2.24, 2.45) is 0 Å². The first-order chi connectivity index (χ1) is 8.45. The molecule has 0 aromatic heterocycles. The lowest BCUT2D eigenvalue weighted by atomic mass is 10.2. The molecule has 1 aromatic rings. The van der Waals surface area contributed by atoms with Gasteiger partial charge in [-0.25, -0.2) is 0 Å². The Hall–Kier alpha value is -0.770. The predicted molar refractivity (Wildman–Crippen MR) is 77.6 cm³/mol. The van der Waals surface area contributed by atoms with Gasteiger partial charge in [0.2, 0.25) is 5.91 Å². The van der Waals surface area contributed by atoms with E-state index in [9.17, 15) is 4.79 Å². The molecule has 0 aliphatic rings. The molecular weight excluding hydrogens is 271 g/mol. The van der Waals surface area contributed by atoms with Crippen molar-refractivity contribution in [1.29, 1.82) is 0 Å². The van der Waals surface area contributed by atoms with E-state index in [0.717, 1.165) is 12.1 Å². The van der Waals surface area contributed by atoms with Gasteiger partial charge in [-0.3, -0.25) is 4.79 Å². The van der Waals surface area contributed by atoms with Gasteiger partial charge in [0, 0.05) is 12.5 Å². The second-order valence-electron chi connectivity index (χ2n) is 4.26. The van der Waals surface area contributed by atoms with E-state index in [1.807, 2.05) is 26.8 Å². The minimum atomic E-state index is -0.0992. The Bertz CT molecular complexity index is 435. The van der Waals surface area contributed by atoms with Crippen LogP contribution in [0.3, 0.4) is 0 Å². The average molecular weight is 289 g/mol. The topological polar surface area (TPSA) is 41.1 Å². The smallest absolute Gasteiger partial charge is 0.226 e. The summed E-state index contributed by atoms with van der Waals surface area (Å²) in [5.74, 6) is -0.0992. The summed E-state index contributed by atoms with van der Waals surface area (Å²) in [6.07, 6.45) is 0.383. The van der Waals surface area contributed by atoms with Crippen LogP contribution in [0.1, 0.15) is 25.8 Å². The number of benzene rings is 1. The van der Waals surface area contributed by atoms with E-state index < -0.39 is 0 Å². The number of rotatable bonds is 5. The zero-order chi connectivity index (χ0) is 13.7. The molecule has 3 nitrogen and oxygen atoms in total. The van der Waals surface area contributed by atoms with E-state index in [4.69, 9.17) is 23.2 Å². The van der Waals surface area contributed by atoms with Crippen LogP contribution in [0.15, 0.2) is 12.1 Å². The molecule has 0 saturated heterocycles. The maximum atomic E-state index is 11.8. The monoisotopic (exact) mass is 288 g/mol. The van der Waals surface area contributed by atoms with E-state index >= 15 is 0 Å². The Morgan fingerprint density at radius 2 is 2.06 bits per heavy atom. The van der Waals surface area contributed by atoms with Crippen molar-refractivity contribution in [3.63, 3.8) is 0 Å². The highest BCUT2D eigenvalue weighted by molar-refractivity contribution is 6.40. The molecule has 2 N–H and O–H groups in total. The Morgan fingerprint density at radius 3 is 2.67 bits per heavy atom. The summed E-state index contributed by atoms with van der Waals surface area (Å²) in [6, 6.07) is 3.67. The lowest BCUT2D eigenvalue weighted by Crippen LogP contribution is -2.30. The van der Waals surface area contributed by atoms with Crippen molar-refractivity contribution in [2.45, 2.75) is 33.2 Å². The molecule has 0 heterocycles. The molecule has 1 unspecified atom stereocenters. The Labute approximate surface area is 118 Å². The third kappa shape index (κ3) is 4.16. The van der Waals surface area contributed by atoms with Gasteiger partial charge in [0.1, 0.15) is 0 Å². The Morgan fingerprint density at radius 1 is 1.39 bits per heavy atom. The molecule has 18 heavy (non-hydrogen) atoms. The summed E-state index contributed by atoms with van der Waals surface area (Å²) < 4.78 is 0. The summed E-state index contributed by atoms with van der Waals surface area (Å²) in [6.45, 7) is 6.67. The fraction of sp³-hybridized carbons (Fsp3) is 0.462. The SMILES string of the molecule is CCNC(C)CC(=O)Nc1c(Cl)ccc(C)c1Cl. The van der Waals surface area contributed by atoms with Gasteiger partial charge >= 0.3 is 0 Å². The van der Waals surface area contributed by atoms with Crippen molar-refractivity contribution in [3.8, 4) is 0 Å². The number of carbonyl (C=O) groups is 1. The normalized spacial score (nSPS) is 12.3. The van der Waals surface area contributed by atoms with Crippen molar-refractivity contribution >= 4 is 34.8 Å². The molecule has 100 valence electrons. The summed E-state index contributed by atoms with van der Waals surface area (Å²) in [4.78, 5) is 11.8. The second-order valence-corrected chi connectivity index (χ2v) is 5.05. The van der Waals surface area contributed by atoms with Crippen LogP contribution < -0.4 is 10.6 Å². The number of hydrogen-bond acceptors (Lipinski definition) is 2. The van der Waals surface area contributed by atoms with Crippen LogP contribution in [0.4, 0.5) is 5.69 Å². The fourth-order valence-corrected chi connectivity index (χ4v) is 2.13. The van der Waals surface area contributed by atoms with E-state index in [0.29, 0.717) is 22.2 Å². The average Bonchev–Trinajstić information content (AvgIpc) is 2.30. The molecule has 1 amide bonds. The standard InChI is InChI=1S/C13H18Cl2N2O/c1-4-16-9(3)7-11(18)17-13-10(14)6-5-8(2)12(13)15/h5-6,9,16H,4,7H2,1-3H3,(H,17,18). The van der Waals surface area contributed by atoms with Gasteiger partial charge in [-0.1, -0.05) is 36.2 Å². The first-order valence-corrected chi connectivity index (χ1v) is 6.69. The molecule has 1 rings (SSSR count). The maximum Gasteiger partial charge on any atom is 0.226 e. The van der Waals surface area contributed by atoms with Crippen LogP contribution in [0, 0.1) is 6.92 Å². The van der Waals surface area contributed by atoms with Gasteiger partial charge in [0.05, 0.1) is 15.7 Å². The van der Waals surface area contributed by atoms with E-state index in [-0.39, 0.29) is 11.9 Å². The van der Waals surface area contributed by atoms with Crippen molar-refractivity contribution in [3.05, 3.63) is 27.7 Å². The van der Waals surface area contributed by atoms with Gasteiger partial charge in [-0.2, -0.15) is 0 Å². The summed E-state index contributed by atoms with van der Waals surface area (Å²) >= 11 is 12.2. The minimum absolute atomic E-state index is 0.0992. The number of nitrogens with one attached hydrogen (secondary N) is 2. The van der Waals surface area contributed by atoms with Crippen molar-refractivity contribution < 1.29 is 4.79 Å². The van der Waals surface area contributed by atoms with Crippen LogP contribution in [-0.4, -0.2) is 18.5 Å². The highest BCUT2D eigenvalue weighted by atomic mass is 35.5. The minimum Gasteiger partial charge on any atom is -0.323 e. The zero-order valence-corrected chi connectivity index (χ0v) is 12.3. The summed E-state index contributed by atoms with van der Waals surface area (Å²) in [7, 11) is 0. The van der Waals surface area contributed by atoms with Crippen LogP contribution in [0.2, 0.25) is 10.0 Å². The van der Waals surface area contributed by atoms with Gasteiger partial charge in [0.25, 0.3) is 0 Å². The third-order valence-electron chi connectivity index (χ3n) is 2.59. The van der Waals surface area contributed by atoms with Crippen LogP contribution in [0.25, 0.3) is 0 Å². The highest BCUT2D eigenvalue weighted by Gasteiger charge is 2.13. The lowest BCUT2D eigenvalue weighted by molar-refractivity contribution is -0.116. The van der Waals surface area contributed by atoms with Crippen LogP contribution >= 0.6 is 23.2 Å². The number of carbonyl (C=O) groups excluding carboxylic acids is 1. The molecule has 1 atom stereocenters. The summed E-state index contributed by atoms with van der Waals surface area (Å²) in [5.41, 5.74) is 1.38. The predicted octanol–water partition coefficient (Wildman–Crippen LogP) is 3.63. The number of amides is 1. The number of aryl methyl sites for hydroxylation is 1. The lowest BCUT2D eigenvalue weighted by Gasteiger charge is -2.14. The largest absolute Gasteiger partial charge is 0.323 e. The maximum absolute atomic E-state index is 11.8.